The molecule has 2 aliphatic rings. The quantitative estimate of drug-likeness (QED) is 0.223. The lowest BCUT2D eigenvalue weighted by molar-refractivity contribution is -0.143. The number of piperazine rings is 1. The van der Waals surface area contributed by atoms with E-state index in [4.69, 9.17) is 9.47 Å². The van der Waals surface area contributed by atoms with Gasteiger partial charge in [-0.1, -0.05) is 18.2 Å². The van der Waals surface area contributed by atoms with Crippen molar-refractivity contribution in [3.05, 3.63) is 76.2 Å². The van der Waals surface area contributed by atoms with Gasteiger partial charge in [0.05, 0.1) is 23.1 Å². The molecule has 2 heterocycles. The van der Waals surface area contributed by atoms with Gasteiger partial charge < -0.3 is 14.4 Å². The summed E-state index contributed by atoms with van der Waals surface area (Å²) in [6.45, 7) is 7.02. The predicted octanol–water partition coefficient (Wildman–Crippen LogP) is 6.09. The van der Waals surface area contributed by atoms with Gasteiger partial charge in [0.1, 0.15) is 6.61 Å². The fraction of sp³-hybridized carbons (Fsp3) is 0.333. The molecule has 1 saturated heterocycles. The molecule has 0 unspecified atom stereocenters. The third kappa shape index (κ3) is 7.00. The third-order valence-electron chi connectivity index (χ3n) is 6.25. The molecule has 40 heavy (non-hydrogen) atoms. The maximum absolute atomic E-state index is 13.5. The summed E-state index contributed by atoms with van der Waals surface area (Å²) in [5.74, 6) is -0.128. The summed E-state index contributed by atoms with van der Waals surface area (Å²) < 4.78 is 90.0. The molecular formula is C27H25F6N3O3S. The highest BCUT2D eigenvalue weighted by atomic mass is 32.2. The van der Waals surface area contributed by atoms with E-state index >= 15 is 0 Å². The number of rotatable bonds is 7. The minimum Gasteiger partial charge on any atom is -0.493 e. The van der Waals surface area contributed by atoms with Crippen molar-refractivity contribution in [3.63, 3.8) is 0 Å². The van der Waals surface area contributed by atoms with Gasteiger partial charge in [-0.3, -0.25) is 9.69 Å². The highest BCUT2D eigenvalue weighted by Crippen LogP contribution is 2.39. The van der Waals surface area contributed by atoms with E-state index in [1.807, 2.05) is 6.08 Å². The fourth-order valence-electron chi connectivity index (χ4n) is 4.18. The second kappa shape index (κ2) is 12.0. The number of carbonyl (C=O) groups is 1. The first-order valence-electron chi connectivity index (χ1n) is 12.1. The van der Waals surface area contributed by atoms with Crippen molar-refractivity contribution >= 4 is 28.9 Å². The lowest BCUT2D eigenvalue weighted by Gasteiger charge is -2.34. The van der Waals surface area contributed by atoms with Crippen LogP contribution in [0.2, 0.25) is 0 Å². The zero-order valence-corrected chi connectivity index (χ0v) is 22.1. The number of benzene rings is 2. The summed E-state index contributed by atoms with van der Waals surface area (Å²) in [5.41, 5.74) is -2.73. The van der Waals surface area contributed by atoms with E-state index in [-0.39, 0.29) is 23.5 Å². The standard InChI is InChI=1S/C27H25F6N3O3S/c1-3-8-35-9-11-36(12-10-35)25-34-24(37)23(40-25)14-17-4-7-21(22(13-17)38-2)39-16-18-5-6-19(26(28,29)30)15-20(18)27(31,32)33/h3-7,13-15H,1,8-12,16H2,2H3/b23-14+. The molecule has 2 aromatic rings. The molecule has 0 bridgehead atoms. The van der Waals surface area contributed by atoms with E-state index in [1.165, 1.54) is 24.9 Å². The van der Waals surface area contributed by atoms with Crippen LogP contribution in [-0.4, -0.2) is 60.7 Å². The Morgan fingerprint density at radius 2 is 1.73 bits per heavy atom. The predicted molar refractivity (Wildman–Crippen MR) is 140 cm³/mol. The number of nitrogens with zero attached hydrogens (tertiary/aromatic N) is 3. The number of hydrogen-bond donors (Lipinski definition) is 0. The zero-order chi connectivity index (χ0) is 29.1. The Morgan fingerprint density at radius 3 is 2.35 bits per heavy atom. The zero-order valence-electron chi connectivity index (χ0n) is 21.3. The van der Waals surface area contributed by atoms with Crippen LogP contribution in [0.4, 0.5) is 26.3 Å². The molecule has 4 rings (SSSR count). The minimum absolute atomic E-state index is 0.0685. The van der Waals surface area contributed by atoms with Gasteiger partial charge in [0.2, 0.25) is 0 Å². The van der Waals surface area contributed by atoms with Gasteiger partial charge in [-0.2, -0.15) is 31.3 Å². The molecule has 214 valence electrons. The number of carbonyl (C=O) groups excluding carboxylic acids is 1. The maximum Gasteiger partial charge on any atom is 0.416 e. The molecule has 0 radical (unpaired) electrons. The summed E-state index contributed by atoms with van der Waals surface area (Å²) in [7, 11) is 1.33. The first kappa shape index (κ1) is 29.5. The molecule has 13 heteroatoms. The summed E-state index contributed by atoms with van der Waals surface area (Å²) in [4.78, 5) is 21.4. The van der Waals surface area contributed by atoms with E-state index in [2.05, 4.69) is 21.4 Å². The topological polar surface area (TPSA) is 54.4 Å². The number of ether oxygens (including phenoxy) is 2. The smallest absolute Gasteiger partial charge is 0.416 e. The molecule has 6 nitrogen and oxygen atoms in total. The Kier molecular flexibility index (Phi) is 8.83. The summed E-state index contributed by atoms with van der Waals surface area (Å²) in [6.07, 6.45) is -6.45. The Hall–Kier alpha value is -3.45. The molecule has 2 aromatic carbocycles. The number of halogens is 6. The van der Waals surface area contributed by atoms with Gasteiger partial charge in [0.15, 0.2) is 16.7 Å². The van der Waals surface area contributed by atoms with E-state index < -0.39 is 35.6 Å². The van der Waals surface area contributed by atoms with Gasteiger partial charge in [-0.15, -0.1) is 6.58 Å². The third-order valence-corrected chi connectivity index (χ3v) is 7.29. The summed E-state index contributed by atoms with van der Waals surface area (Å²) in [5, 5.41) is 0.624. The second-order valence-electron chi connectivity index (χ2n) is 8.95. The van der Waals surface area contributed by atoms with E-state index in [9.17, 15) is 31.1 Å². The molecule has 0 spiro atoms. The van der Waals surface area contributed by atoms with Gasteiger partial charge in [-0.05, 0) is 47.7 Å². The number of methoxy groups -OCH3 is 1. The number of amides is 1. The van der Waals surface area contributed by atoms with Crippen LogP contribution < -0.4 is 9.47 Å². The van der Waals surface area contributed by atoms with Crippen molar-refractivity contribution in [2.24, 2.45) is 4.99 Å². The van der Waals surface area contributed by atoms with Crippen molar-refractivity contribution < 1.29 is 40.6 Å². The van der Waals surface area contributed by atoms with Gasteiger partial charge >= 0.3 is 12.4 Å². The van der Waals surface area contributed by atoms with Crippen LogP contribution in [0.5, 0.6) is 11.5 Å². The number of thioether (sulfide) groups is 1. The van der Waals surface area contributed by atoms with Crippen molar-refractivity contribution in [2.45, 2.75) is 19.0 Å². The minimum atomic E-state index is -5.01. The van der Waals surface area contributed by atoms with Crippen LogP contribution in [-0.2, 0) is 23.8 Å². The number of amidine groups is 1. The van der Waals surface area contributed by atoms with Crippen molar-refractivity contribution in [2.75, 3.05) is 39.8 Å². The van der Waals surface area contributed by atoms with E-state index in [1.54, 1.807) is 18.2 Å². The Balaban J connectivity index is 1.46. The average Bonchev–Trinajstić information content (AvgIpc) is 3.27. The van der Waals surface area contributed by atoms with Gasteiger partial charge in [0, 0.05) is 38.3 Å². The lowest BCUT2D eigenvalue weighted by Crippen LogP contribution is -2.47. The largest absolute Gasteiger partial charge is 0.493 e. The van der Waals surface area contributed by atoms with Crippen molar-refractivity contribution in [1.82, 2.24) is 9.80 Å². The number of alkyl halides is 6. The second-order valence-corrected chi connectivity index (χ2v) is 9.96. The first-order chi connectivity index (χ1) is 18.9. The van der Waals surface area contributed by atoms with Crippen LogP contribution in [0, 0.1) is 0 Å². The number of aliphatic imine (C=N–C) groups is 1. The van der Waals surface area contributed by atoms with Gasteiger partial charge in [-0.25, -0.2) is 0 Å². The van der Waals surface area contributed by atoms with E-state index in [0.29, 0.717) is 21.7 Å². The Labute approximate surface area is 230 Å². The van der Waals surface area contributed by atoms with Crippen molar-refractivity contribution in [3.8, 4) is 11.5 Å². The Morgan fingerprint density at radius 1 is 1.00 bits per heavy atom. The SMILES string of the molecule is C=CCN1CCN(C2=NC(=O)/C(=C\c3ccc(OCc4ccc(C(F)(F)F)cc4C(F)(F)F)c(OC)c3)S2)CC1. The molecule has 1 amide bonds. The molecule has 0 atom stereocenters. The monoisotopic (exact) mass is 585 g/mol. The highest BCUT2D eigenvalue weighted by Gasteiger charge is 2.38. The summed E-state index contributed by atoms with van der Waals surface area (Å²) in [6, 6.07) is 5.97. The molecular weight excluding hydrogens is 560 g/mol. The van der Waals surface area contributed by atoms with Gasteiger partial charge in [0.25, 0.3) is 5.91 Å². The van der Waals surface area contributed by atoms with Crippen LogP contribution in [0.1, 0.15) is 22.3 Å². The molecule has 0 aromatic heterocycles. The molecule has 0 saturated carbocycles. The van der Waals surface area contributed by atoms with Crippen LogP contribution in [0.3, 0.4) is 0 Å². The molecule has 0 N–H and O–H groups in total. The normalized spacial score (nSPS) is 17.8. The number of hydrogen-bond acceptors (Lipinski definition) is 6. The van der Waals surface area contributed by atoms with Crippen molar-refractivity contribution in [1.29, 1.82) is 0 Å². The van der Waals surface area contributed by atoms with Crippen LogP contribution in [0.25, 0.3) is 6.08 Å². The fourth-order valence-corrected chi connectivity index (χ4v) is 5.15. The van der Waals surface area contributed by atoms with Crippen LogP contribution in [0.15, 0.2) is 59.0 Å². The maximum atomic E-state index is 13.5. The molecule has 1 fully saturated rings. The highest BCUT2D eigenvalue weighted by molar-refractivity contribution is 8.18. The first-order valence-corrected chi connectivity index (χ1v) is 12.9. The van der Waals surface area contributed by atoms with Crippen LogP contribution >= 0.6 is 11.8 Å². The Bertz CT molecular complexity index is 1330. The van der Waals surface area contributed by atoms with E-state index in [0.717, 1.165) is 38.8 Å². The summed E-state index contributed by atoms with van der Waals surface area (Å²) >= 11 is 1.26. The lowest BCUT2D eigenvalue weighted by atomic mass is 10.0. The average molecular weight is 586 g/mol. The molecule has 0 aliphatic carbocycles. The molecule has 2 aliphatic heterocycles.